The molecule has 1 atom stereocenters. The molecule has 0 aliphatic carbocycles. The number of aromatic nitrogens is 2. The second-order valence-corrected chi connectivity index (χ2v) is 4.59. The summed E-state index contributed by atoms with van der Waals surface area (Å²) in [5.41, 5.74) is 1.14. The number of amides is 1. The summed E-state index contributed by atoms with van der Waals surface area (Å²) >= 11 is 5.82. The SMILES string of the molecule is CC(Cc1ccc(Cl)cc1)NC(=O)n1ccnc1. The number of nitrogens with zero attached hydrogens (tertiary/aromatic N) is 2. The second kappa shape index (κ2) is 5.69. The van der Waals surface area contributed by atoms with E-state index in [1.165, 1.54) is 10.9 Å². The summed E-state index contributed by atoms with van der Waals surface area (Å²) in [6.45, 7) is 1.96. The molecule has 0 bridgehead atoms. The highest BCUT2D eigenvalue weighted by atomic mass is 35.5. The molecule has 1 N–H and O–H groups in total. The number of rotatable bonds is 3. The van der Waals surface area contributed by atoms with Gasteiger partial charge in [-0.3, -0.25) is 4.57 Å². The molecule has 5 heteroatoms. The Hall–Kier alpha value is -1.81. The Morgan fingerprint density at radius 3 is 2.78 bits per heavy atom. The molecule has 0 aliphatic heterocycles. The molecule has 2 rings (SSSR count). The van der Waals surface area contributed by atoms with E-state index in [1.807, 2.05) is 31.2 Å². The predicted octanol–water partition coefficient (Wildman–Crippen LogP) is 2.73. The highest BCUT2D eigenvalue weighted by molar-refractivity contribution is 6.30. The minimum atomic E-state index is -0.172. The average molecular weight is 264 g/mol. The van der Waals surface area contributed by atoms with E-state index >= 15 is 0 Å². The molecule has 0 spiro atoms. The van der Waals surface area contributed by atoms with Crippen LogP contribution in [0.2, 0.25) is 5.02 Å². The maximum absolute atomic E-state index is 11.8. The van der Waals surface area contributed by atoms with Gasteiger partial charge in [0.25, 0.3) is 0 Å². The van der Waals surface area contributed by atoms with Gasteiger partial charge in [-0.25, -0.2) is 9.78 Å². The maximum atomic E-state index is 11.8. The van der Waals surface area contributed by atoms with Gasteiger partial charge in [0.1, 0.15) is 6.33 Å². The van der Waals surface area contributed by atoms with Crippen molar-refractivity contribution in [1.82, 2.24) is 14.9 Å². The normalized spacial score (nSPS) is 12.1. The number of nitrogens with one attached hydrogen (secondary N) is 1. The monoisotopic (exact) mass is 263 g/mol. The second-order valence-electron chi connectivity index (χ2n) is 4.15. The van der Waals surface area contributed by atoms with Gasteiger partial charge in [-0.05, 0) is 31.0 Å². The number of imidazole rings is 1. The minimum Gasteiger partial charge on any atom is -0.335 e. The molecule has 1 heterocycles. The molecule has 94 valence electrons. The van der Waals surface area contributed by atoms with Gasteiger partial charge in [-0.15, -0.1) is 0 Å². The molecule has 0 aliphatic rings. The van der Waals surface area contributed by atoms with Gasteiger partial charge in [-0.2, -0.15) is 0 Å². The zero-order chi connectivity index (χ0) is 13.0. The van der Waals surface area contributed by atoms with Crippen molar-refractivity contribution in [3.05, 3.63) is 53.6 Å². The summed E-state index contributed by atoms with van der Waals surface area (Å²) in [5.74, 6) is 0. The Bertz CT molecular complexity index is 508. The van der Waals surface area contributed by atoms with Crippen LogP contribution in [0.4, 0.5) is 4.79 Å². The molecule has 1 aromatic heterocycles. The van der Waals surface area contributed by atoms with Crippen LogP contribution in [0.15, 0.2) is 43.0 Å². The molecule has 0 saturated carbocycles. The smallest absolute Gasteiger partial charge is 0.327 e. The number of carbonyl (C=O) groups excluding carboxylic acids is 1. The summed E-state index contributed by atoms with van der Waals surface area (Å²) in [6.07, 6.45) is 5.43. The van der Waals surface area contributed by atoms with Gasteiger partial charge in [0.05, 0.1) is 0 Å². The fraction of sp³-hybridized carbons (Fsp3) is 0.231. The molecule has 0 fully saturated rings. The van der Waals surface area contributed by atoms with Crippen LogP contribution in [-0.2, 0) is 6.42 Å². The van der Waals surface area contributed by atoms with E-state index in [0.717, 1.165) is 12.0 Å². The Morgan fingerprint density at radius 2 is 2.17 bits per heavy atom. The quantitative estimate of drug-likeness (QED) is 0.926. The maximum Gasteiger partial charge on any atom is 0.327 e. The Labute approximate surface area is 111 Å². The molecule has 1 unspecified atom stereocenters. The van der Waals surface area contributed by atoms with E-state index in [4.69, 9.17) is 11.6 Å². The van der Waals surface area contributed by atoms with E-state index in [-0.39, 0.29) is 12.1 Å². The summed E-state index contributed by atoms with van der Waals surface area (Å²) < 4.78 is 1.42. The van der Waals surface area contributed by atoms with Crippen molar-refractivity contribution in [2.75, 3.05) is 0 Å². The number of benzene rings is 1. The first-order valence-corrected chi connectivity index (χ1v) is 6.06. The standard InChI is InChI=1S/C13H14ClN3O/c1-10(8-11-2-4-12(14)5-3-11)16-13(18)17-7-6-15-9-17/h2-7,9-10H,8H2,1H3,(H,16,18). The predicted molar refractivity (Wildman–Crippen MR) is 70.8 cm³/mol. The van der Waals surface area contributed by atoms with Crippen LogP contribution in [0.25, 0.3) is 0 Å². The first-order valence-electron chi connectivity index (χ1n) is 5.68. The van der Waals surface area contributed by atoms with Gasteiger partial charge >= 0.3 is 6.03 Å². The third kappa shape index (κ3) is 3.34. The highest BCUT2D eigenvalue weighted by Gasteiger charge is 2.09. The van der Waals surface area contributed by atoms with Gasteiger partial charge in [0, 0.05) is 23.5 Å². The molecule has 4 nitrogen and oxygen atoms in total. The Morgan fingerprint density at radius 1 is 1.44 bits per heavy atom. The topological polar surface area (TPSA) is 46.9 Å². The third-order valence-corrected chi connectivity index (χ3v) is 2.82. The van der Waals surface area contributed by atoms with Crippen molar-refractivity contribution < 1.29 is 4.79 Å². The van der Waals surface area contributed by atoms with Crippen molar-refractivity contribution in [2.24, 2.45) is 0 Å². The van der Waals surface area contributed by atoms with E-state index in [1.54, 1.807) is 12.4 Å². The highest BCUT2D eigenvalue weighted by Crippen LogP contribution is 2.11. The van der Waals surface area contributed by atoms with E-state index < -0.39 is 0 Å². The van der Waals surface area contributed by atoms with Crippen LogP contribution in [0, 0.1) is 0 Å². The summed E-state index contributed by atoms with van der Waals surface area (Å²) in [5, 5.41) is 3.61. The summed E-state index contributed by atoms with van der Waals surface area (Å²) in [6, 6.07) is 7.49. The first-order chi connectivity index (χ1) is 8.65. The minimum absolute atomic E-state index is 0.0427. The molecule has 18 heavy (non-hydrogen) atoms. The van der Waals surface area contributed by atoms with Crippen molar-refractivity contribution in [1.29, 1.82) is 0 Å². The lowest BCUT2D eigenvalue weighted by Crippen LogP contribution is -2.36. The van der Waals surface area contributed by atoms with Gasteiger partial charge < -0.3 is 5.32 Å². The zero-order valence-electron chi connectivity index (χ0n) is 10.0. The molecule has 0 radical (unpaired) electrons. The van der Waals surface area contributed by atoms with Crippen LogP contribution >= 0.6 is 11.6 Å². The van der Waals surface area contributed by atoms with Crippen molar-refractivity contribution in [3.8, 4) is 0 Å². The van der Waals surface area contributed by atoms with Crippen LogP contribution in [-0.4, -0.2) is 21.6 Å². The van der Waals surface area contributed by atoms with Crippen molar-refractivity contribution in [2.45, 2.75) is 19.4 Å². The largest absolute Gasteiger partial charge is 0.335 e. The van der Waals surface area contributed by atoms with E-state index in [0.29, 0.717) is 5.02 Å². The van der Waals surface area contributed by atoms with E-state index in [9.17, 15) is 4.79 Å². The molecule has 2 aromatic rings. The fourth-order valence-electron chi connectivity index (χ4n) is 1.69. The lowest BCUT2D eigenvalue weighted by Gasteiger charge is -2.14. The molecule has 1 amide bonds. The lowest BCUT2D eigenvalue weighted by molar-refractivity contribution is 0.239. The summed E-state index contributed by atoms with van der Waals surface area (Å²) in [7, 11) is 0. The van der Waals surface area contributed by atoms with Crippen molar-refractivity contribution in [3.63, 3.8) is 0 Å². The van der Waals surface area contributed by atoms with Crippen LogP contribution < -0.4 is 5.32 Å². The van der Waals surface area contributed by atoms with Crippen molar-refractivity contribution >= 4 is 17.6 Å². The molecular weight excluding hydrogens is 250 g/mol. The van der Waals surface area contributed by atoms with Crippen LogP contribution in [0.1, 0.15) is 12.5 Å². The zero-order valence-corrected chi connectivity index (χ0v) is 10.8. The third-order valence-electron chi connectivity index (χ3n) is 2.56. The van der Waals surface area contributed by atoms with Crippen LogP contribution in [0.3, 0.4) is 0 Å². The first kappa shape index (κ1) is 12.6. The molecule has 1 aromatic carbocycles. The average Bonchev–Trinajstić information content (AvgIpc) is 2.85. The lowest BCUT2D eigenvalue weighted by atomic mass is 10.1. The van der Waals surface area contributed by atoms with Crippen LogP contribution in [0.5, 0.6) is 0 Å². The Balaban J connectivity index is 1.90. The van der Waals surface area contributed by atoms with Gasteiger partial charge in [0.2, 0.25) is 0 Å². The van der Waals surface area contributed by atoms with Gasteiger partial charge in [-0.1, -0.05) is 23.7 Å². The number of hydrogen-bond donors (Lipinski definition) is 1. The van der Waals surface area contributed by atoms with Gasteiger partial charge in [0.15, 0.2) is 0 Å². The summed E-state index contributed by atoms with van der Waals surface area (Å²) in [4.78, 5) is 15.6. The van der Waals surface area contributed by atoms with E-state index in [2.05, 4.69) is 10.3 Å². The molecular formula is C13H14ClN3O. The number of carbonyl (C=O) groups is 1. The fourth-order valence-corrected chi connectivity index (χ4v) is 1.82. The Kier molecular flexibility index (Phi) is 3.99. The number of halogens is 1. The number of hydrogen-bond acceptors (Lipinski definition) is 2. The molecule has 0 saturated heterocycles.